The highest BCUT2D eigenvalue weighted by molar-refractivity contribution is 5.99. The van der Waals surface area contributed by atoms with E-state index < -0.39 is 16.9 Å². The Morgan fingerprint density at radius 3 is 2.38 bits per heavy atom. The average molecular weight is 350 g/mol. The number of nitro groups is 1. The number of rotatable bonds is 2. The summed E-state index contributed by atoms with van der Waals surface area (Å²) in [4.78, 5) is 35.7. The lowest BCUT2D eigenvalue weighted by molar-refractivity contribution is -0.384. The topological polar surface area (TPSA) is 102 Å². The first-order chi connectivity index (χ1) is 12.4. The van der Waals surface area contributed by atoms with Crippen LogP contribution in [0, 0.1) is 24.0 Å². The molecular formula is C19H14N2O5. The van der Waals surface area contributed by atoms with E-state index in [9.17, 15) is 19.7 Å². The van der Waals surface area contributed by atoms with Crippen LogP contribution in [0.15, 0.2) is 45.6 Å². The van der Waals surface area contributed by atoms with Crippen molar-refractivity contribution in [2.45, 2.75) is 19.9 Å². The van der Waals surface area contributed by atoms with Gasteiger partial charge in [0, 0.05) is 12.1 Å². The lowest BCUT2D eigenvalue weighted by Crippen LogP contribution is -2.21. The number of carbonyl (C=O) groups is 1. The first-order valence-electron chi connectivity index (χ1n) is 8.00. The van der Waals surface area contributed by atoms with Gasteiger partial charge in [0.2, 0.25) is 5.76 Å². The zero-order valence-electron chi connectivity index (χ0n) is 14.0. The number of fused-ring (bicyclic) bond motifs is 2. The second-order valence-corrected chi connectivity index (χ2v) is 6.36. The molecule has 2 heterocycles. The van der Waals surface area contributed by atoms with E-state index in [1.165, 1.54) is 24.3 Å². The second kappa shape index (κ2) is 5.52. The average Bonchev–Trinajstić information content (AvgIpc) is 2.94. The van der Waals surface area contributed by atoms with Crippen LogP contribution in [0.1, 0.15) is 38.9 Å². The Bertz CT molecular complexity index is 1150. The molecule has 3 aromatic rings. The normalized spacial score (nSPS) is 15.8. The molecule has 1 aliphatic rings. The lowest BCUT2D eigenvalue weighted by atomic mass is 9.98. The molecule has 2 aromatic carbocycles. The van der Waals surface area contributed by atoms with Gasteiger partial charge in [-0.1, -0.05) is 0 Å². The number of carbonyl (C=O) groups excluding carboxylic acids is 1. The fourth-order valence-corrected chi connectivity index (χ4v) is 3.20. The zero-order valence-corrected chi connectivity index (χ0v) is 14.0. The van der Waals surface area contributed by atoms with Crippen molar-refractivity contribution in [1.29, 1.82) is 0 Å². The summed E-state index contributed by atoms with van der Waals surface area (Å²) in [6.45, 7) is 3.81. The van der Waals surface area contributed by atoms with Gasteiger partial charge in [-0.3, -0.25) is 19.7 Å². The van der Waals surface area contributed by atoms with Gasteiger partial charge in [-0.05, 0) is 54.8 Å². The number of amides is 1. The SMILES string of the molecule is Cc1cc2oc3c(c(=O)c2cc1C)C(c1ccc([N+](=O)[O-])cc1)NC3=O. The Labute approximate surface area is 147 Å². The van der Waals surface area contributed by atoms with Gasteiger partial charge < -0.3 is 9.73 Å². The Hall–Kier alpha value is -3.48. The van der Waals surface area contributed by atoms with Crippen LogP contribution in [-0.2, 0) is 0 Å². The van der Waals surface area contributed by atoms with E-state index in [0.29, 0.717) is 16.5 Å². The summed E-state index contributed by atoms with van der Waals surface area (Å²) in [7, 11) is 0. The molecule has 0 saturated carbocycles. The molecule has 4 rings (SSSR count). The quantitative estimate of drug-likeness (QED) is 0.565. The number of non-ortho nitro benzene ring substituents is 1. The van der Waals surface area contributed by atoms with Gasteiger partial charge in [0.05, 0.1) is 21.9 Å². The Morgan fingerprint density at radius 2 is 1.73 bits per heavy atom. The molecule has 7 nitrogen and oxygen atoms in total. The lowest BCUT2D eigenvalue weighted by Gasteiger charge is -2.11. The predicted molar refractivity (Wildman–Crippen MR) is 94.4 cm³/mol. The van der Waals surface area contributed by atoms with E-state index >= 15 is 0 Å². The maximum absolute atomic E-state index is 13.0. The van der Waals surface area contributed by atoms with Gasteiger partial charge >= 0.3 is 0 Å². The molecule has 1 aliphatic heterocycles. The second-order valence-electron chi connectivity index (χ2n) is 6.36. The standard InChI is InChI=1S/C19H14N2O5/c1-9-7-13-14(8-10(9)2)26-18-15(17(13)22)16(20-19(18)23)11-3-5-12(6-4-11)21(24)25/h3-8,16H,1-2H3,(H,20,23). The van der Waals surface area contributed by atoms with Crippen molar-refractivity contribution >= 4 is 22.6 Å². The fourth-order valence-electron chi connectivity index (χ4n) is 3.20. The molecule has 1 amide bonds. The van der Waals surface area contributed by atoms with E-state index in [0.717, 1.165) is 11.1 Å². The maximum Gasteiger partial charge on any atom is 0.288 e. The molecule has 0 radical (unpaired) electrons. The number of nitrogens with one attached hydrogen (secondary N) is 1. The van der Waals surface area contributed by atoms with E-state index in [-0.39, 0.29) is 22.4 Å². The summed E-state index contributed by atoms with van der Waals surface area (Å²) in [5.74, 6) is -0.477. The largest absolute Gasteiger partial charge is 0.450 e. The first-order valence-corrected chi connectivity index (χ1v) is 8.00. The van der Waals surface area contributed by atoms with Crippen LogP contribution in [0.5, 0.6) is 0 Å². The number of hydrogen-bond acceptors (Lipinski definition) is 5. The molecule has 0 fully saturated rings. The van der Waals surface area contributed by atoms with Crippen molar-refractivity contribution < 1.29 is 14.1 Å². The summed E-state index contributed by atoms with van der Waals surface area (Å²) in [6, 6.07) is 8.56. The Morgan fingerprint density at radius 1 is 1.08 bits per heavy atom. The first kappa shape index (κ1) is 16.0. The van der Waals surface area contributed by atoms with E-state index in [1.54, 1.807) is 12.1 Å². The molecule has 1 atom stereocenters. The van der Waals surface area contributed by atoms with Crippen molar-refractivity contribution in [2.24, 2.45) is 0 Å². The van der Waals surface area contributed by atoms with Crippen molar-refractivity contribution in [2.75, 3.05) is 0 Å². The van der Waals surface area contributed by atoms with Crippen LogP contribution in [0.3, 0.4) is 0 Å². The van der Waals surface area contributed by atoms with Crippen LogP contribution in [-0.4, -0.2) is 10.8 Å². The van der Waals surface area contributed by atoms with Crippen molar-refractivity contribution in [1.82, 2.24) is 5.32 Å². The molecule has 26 heavy (non-hydrogen) atoms. The predicted octanol–water partition coefficient (Wildman–Crippen LogP) is 3.15. The highest BCUT2D eigenvalue weighted by atomic mass is 16.6. The zero-order chi connectivity index (χ0) is 18.6. The van der Waals surface area contributed by atoms with Crippen LogP contribution in [0.2, 0.25) is 0 Å². The number of nitrogens with zero attached hydrogens (tertiary/aromatic N) is 1. The molecule has 0 bridgehead atoms. The smallest absolute Gasteiger partial charge is 0.288 e. The molecule has 0 spiro atoms. The van der Waals surface area contributed by atoms with Gasteiger partial charge in [-0.25, -0.2) is 0 Å². The molecular weight excluding hydrogens is 336 g/mol. The van der Waals surface area contributed by atoms with Gasteiger partial charge in [0.1, 0.15) is 5.58 Å². The molecule has 0 saturated heterocycles. The summed E-state index contributed by atoms with van der Waals surface area (Å²) >= 11 is 0. The maximum atomic E-state index is 13.0. The molecule has 0 aliphatic carbocycles. The van der Waals surface area contributed by atoms with Crippen LogP contribution in [0.4, 0.5) is 5.69 Å². The number of nitro benzene ring substituents is 1. The number of aryl methyl sites for hydroxylation is 2. The van der Waals surface area contributed by atoms with Crippen LogP contribution < -0.4 is 10.7 Å². The third-order valence-corrected chi connectivity index (χ3v) is 4.75. The summed E-state index contributed by atoms with van der Waals surface area (Å²) in [6.07, 6.45) is 0. The van der Waals surface area contributed by atoms with E-state index in [2.05, 4.69) is 5.32 Å². The third kappa shape index (κ3) is 2.28. The Kier molecular flexibility index (Phi) is 3.40. The van der Waals surface area contributed by atoms with Gasteiger partial charge in [0.25, 0.3) is 11.6 Å². The number of benzene rings is 2. The van der Waals surface area contributed by atoms with Crippen molar-refractivity contribution in [3.63, 3.8) is 0 Å². The monoisotopic (exact) mass is 350 g/mol. The fraction of sp³-hybridized carbons (Fsp3) is 0.158. The minimum atomic E-state index is -0.694. The Balaban J connectivity index is 1.92. The molecule has 130 valence electrons. The van der Waals surface area contributed by atoms with Gasteiger partial charge in [-0.15, -0.1) is 0 Å². The minimum absolute atomic E-state index is 0.00546. The van der Waals surface area contributed by atoms with E-state index in [1.807, 2.05) is 13.8 Å². The molecule has 1 unspecified atom stereocenters. The van der Waals surface area contributed by atoms with Crippen LogP contribution >= 0.6 is 0 Å². The van der Waals surface area contributed by atoms with Gasteiger partial charge in [-0.2, -0.15) is 0 Å². The van der Waals surface area contributed by atoms with Crippen LogP contribution in [0.25, 0.3) is 11.0 Å². The molecule has 7 heteroatoms. The summed E-state index contributed by atoms with van der Waals surface area (Å²) < 4.78 is 5.73. The summed E-state index contributed by atoms with van der Waals surface area (Å²) in [5, 5.41) is 14.0. The molecule has 1 N–H and O–H groups in total. The van der Waals surface area contributed by atoms with Gasteiger partial charge in [0.15, 0.2) is 5.43 Å². The highest BCUT2D eigenvalue weighted by Gasteiger charge is 2.36. The van der Waals surface area contributed by atoms with E-state index in [4.69, 9.17) is 4.42 Å². The minimum Gasteiger partial charge on any atom is -0.450 e. The van der Waals surface area contributed by atoms with Crippen molar-refractivity contribution in [3.05, 3.63) is 84.7 Å². The van der Waals surface area contributed by atoms with Crippen molar-refractivity contribution in [3.8, 4) is 0 Å². The number of hydrogen-bond donors (Lipinski definition) is 1. The highest BCUT2D eigenvalue weighted by Crippen LogP contribution is 2.32. The summed E-state index contributed by atoms with van der Waals surface area (Å²) in [5.41, 5.74) is 2.77. The third-order valence-electron chi connectivity index (χ3n) is 4.75. The molecule has 1 aromatic heterocycles.